The molecular formula is C13H19BrN4. The fourth-order valence-corrected chi connectivity index (χ4v) is 2.10. The number of nitrogens with one attached hydrogen (secondary N) is 2. The van der Waals surface area contributed by atoms with E-state index in [4.69, 9.17) is 10.8 Å². The van der Waals surface area contributed by atoms with Crippen molar-refractivity contribution in [3.05, 3.63) is 29.0 Å². The van der Waals surface area contributed by atoms with E-state index >= 15 is 0 Å². The Bertz CT molecular complexity index is 387. The summed E-state index contributed by atoms with van der Waals surface area (Å²) in [5.74, 6) is 1.79. The third-order valence-electron chi connectivity index (χ3n) is 2.96. The van der Waals surface area contributed by atoms with E-state index in [1.807, 2.05) is 12.1 Å². The molecule has 2 rings (SSSR count). The van der Waals surface area contributed by atoms with Crippen molar-refractivity contribution in [3.8, 4) is 0 Å². The van der Waals surface area contributed by atoms with Crippen LogP contribution in [0.3, 0.4) is 0 Å². The molecule has 0 bridgehead atoms. The van der Waals surface area contributed by atoms with Gasteiger partial charge in [0, 0.05) is 29.8 Å². The van der Waals surface area contributed by atoms with Gasteiger partial charge in [0.2, 0.25) is 0 Å². The highest BCUT2D eigenvalue weighted by Gasteiger charge is 2.30. The first kappa shape index (κ1) is 14.8. The van der Waals surface area contributed by atoms with Crippen LogP contribution in [-0.2, 0) is 0 Å². The molecule has 0 aromatic carbocycles. The van der Waals surface area contributed by atoms with Gasteiger partial charge < -0.3 is 4.90 Å². The Morgan fingerprint density at radius 1 is 1.56 bits per heavy atom. The van der Waals surface area contributed by atoms with Crippen LogP contribution in [0.25, 0.3) is 0 Å². The van der Waals surface area contributed by atoms with Gasteiger partial charge in [-0.05, 0) is 46.8 Å². The van der Waals surface area contributed by atoms with Crippen LogP contribution >= 0.6 is 15.9 Å². The second-order valence-electron chi connectivity index (χ2n) is 4.57. The Balaban J connectivity index is 0.000000199. The summed E-state index contributed by atoms with van der Waals surface area (Å²) in [6, 6.07) is 3.82. The van der Waals surface area contributed by atoms with Crippen molar-refractivity contribution in [2.45, 2.75) is 19.8 Å². The maximum atomic E-state index is 7.62. The SMILES string of the molecule is Brc1cccnc1.CC1CC(C(=N)N(C)C=N)C1. The van der Waals surface area contributed by atoms with Crippen molar-refractivity contribution >= 4 is 28.1 Å². The van der Waals surface area contributed by atoms with Crippen LogP contribution in [-0.4, -0.2) is 29.1 Å². The van der Waals surface area contributed by atoms with Crippen molar-refractivity contribution < 1.29 is 0 Å². The summed E-state index contributed by atoms with van der Waals surface area (Å²) in [5, 5.41) is 14.6. The van der Waals surface area contributed by atoms with Crippen molar-refractivity contribution in [2.24, 2.45) is 11.8 Å². The summed E-state index contributed by atoms with van der Waals surface area (Å²) < 4.78 is 1.02. The normalized spacial score (nSPS) is 21.1. The molecule has 0 saturated heterocycles. The number of rotatable bonds is 2. The highest BCUT2D eigenvalue weighted by atomic mass is 79.9. The third-order valence-corrected chi connectivity index (χ3v) is 3.43. The molecule has 2 N–H and O–H groups in total. The minimum atomic E-state index is 0.414. The third kappa shape index (κ3) is 4.56. The van der Waals surface area contributed by atoms with Crippen LogP contribution in [0, 0.1) is 22.7 Å². The topological polar surface area (TPSA) is 63.8 Å². The van der Waals surface area contributed by atoms with E-state index in [1.54, 1.807) is 24.3 Å². The Morgan fingerprint density at radius 3 is 2.56 bits per heavy atom. The first-order chi connectivity index (χ1) is 8.54. The molecule has 0 radical (unpaired) electrons. The molecule has 1 aliphatic carbocycles. The lowest BCUT2D eigenvalue weighted by atomic mass is 9.75. The Morgan fingerprint density at radius 2 is 2.22 bits per heavy atom. The maximum Gasteiger partial charge on any atom is 0.104 e. The zero-order chi connectivity index (χ0) is 13.5. The van der Waals surface area contributed by atoms with E-state index in [0.29, 0.717) is 11.8 Å². The molecule has 0 spiro atoms. The molecule has 5 heteroatoms. The van der Waals surface area contributed by atoms with Crippen molar-refractivity contribution in [3.63, 3.8) is 0 Å². The van der Waals surface area contributed by atoms with Gasteiger partial charge in [0.15, 0.2) is 0 Å². The minimum absolute atomic E-state index is 0.414. The van der Waals surface area contributed by atoms with Gasteiger partial charge in [0.1, 0.15) is 5.84 Å². The van der Waals surface area contributed by atoms with Crippen LogP contribution < -0.4 is 0 Å². The average molecular weight is 311 g/mol. The molecule has 1 fully saturated rings. The fraction of sp³-hybridized carbons (Fsp3) is 0.462. The monoisotopic (exact) mass is 310 g/mol. The quantitative estimate of drug-likeness (QED) is 0.649. The number of halogens is 1. The molecule has 1 aliphatic rings. The minimum Gasteiger partial charge on any atom is -0.325 e. The van der Waals surface area contributed by atoms with Gasteiger partial charge in [-0.25, -0.2) is 0 Å². The van der Waals surface area contributed by atoms with Crippen molar-refractivity contribution in [1.82, 2.24) is 9.88 Å². The average Bonchev–Trinajstić information content (AvgIpc) is 2.35. The molecule has 0 aliphatic heterocycles. The van der Waals surface area contributed by atoms with Gasteiger partial charge in [0.05, 0.1) is 6.34 Å². The molecule has 1 heterocycles. The predicted octanol–water partition coefficient (Wildman–Crippen LogP) is 3.39. The van der Waals surface area contributed by atoms with E-state index in [2.05, 4.69) is 27.8 Å². The Kier molecular flexibility index (Phi) is 5.98. The maximum absolute atomic E-state index is 7.62. The van der Waals surface area contributed by atoms with Gasteiger partial charge in [-0.3, -0.25) is 15.8 Å². The van der Waals surface area contributed by atoms with Gasteiger partial charge in [-0.2, -0.15) is 0 Å². The highest BCUT2D eigenvalue weighted by Crippen LogP contribution is 2.33. The number of hydrogen-bond donors (Lipinski definition) is 2. The van der Waals surface area contributed by atoms with Crippen LogP contribution in [0.1, 0.15) is 19.8 Å². The lowest BCUT2D eigenvalue weighted by molar-refractivity contribution is 0.269. The Labute approximate surface area is 117 Å². The van der Waals surface area contributed by atoms with E-state index in [9.17, 15) is 0 Å². The molecule has 0 amide bonds. The van der Waals surface area contributed by atoms with Gasteiger partial charge >= 0.3 is 0 Å². The van der Waals surface area contributed by atoms with Gasteiger partial charge in [-0.15, -0.1) is 0 Å². The van der Waals surface area contributed by atoms with Gasteiger partial charge in [-0.1, -0.05) is 6.92 Å². The van der Waals surface area contributed by atoms with E-state index in [1.165, 1.54) is 6.34 Å². The predicted molar refractivity (Wildman–Crippen MR) is 78.1 cm³/mol. The number of pyridine rings is 1. The summed E-state index contributed by atoms with van der Waals surface area (Å²) in [6.45, 7) is 2.20. The molecule has 0 unspecified atom stereocenters. The fourth-order valence-electron chi connectivity index (χ4n) is 1.83. The van der Waals surface area contributed by atoms with Crippen LogP contribution in [0.4, 0.5) is 0 Å². The van der Waals surface area contributed by atoms with Crippen molar-refractivity contribution in [2.75, 3.05) is 7.05 Å². The number of nitrogens with zero attached hydrogens (tertiary/aromatic N) is 2. The van der Waals surface area contributed by atoms with E-state index < -0.39 is 0 Å². The molecule has 18 heavy (non-hydrogen) atoms. The van der Waals surface area contributed by atoms with Gasteiger partial charge in [0.25, 0.3) is 0 Å². The second kappa shape index (κ2) is 7.26. The molecule has 0 atom stereocenters. The lowest BCUT2D eigenvalue weighted by Gasteiger charge is -2.35. The first-order valence-electron chi connectivity index (χ1n) is 5.92. The van der Waals surface area contributed by atoms with E-state index in [0.717, 1.165) is 23.2 Å². The molecule has 1 aromatic heterocycles. The smallest absolute Gasteiger partial charge is 0.104 e. The van der Waals surface area contributed by atoms with Crippen LogP contribution in [0.2, 0.25) is 0 Å². The summed E-state index contributed by atoms with van der Waals surface area (Å²) in [5.41, 5.74) is 0. The lowest BCUT2D eigenvalue weighted by Crippen LogP contribution is -2.37. The number of amidine groups is 1. The van der Waals surface area contributed by atoms with E-state index in [-0.39, 0.29) is 0 Å². The first-order valence-corrected chi connectivity index (χ1v) is 6.71. The standard InChI is InChI=1S/C8H15N3.C5H4BrN/c1-6-3-7(4-6)8(10)11(2)5-9;6-5-2-1-3-7-4-5/h5-7,9-10H,3-4H2,1-2H3;1-4H. The van der Waals surface area contributed by atoms with Crippen LogP contribution in [0.15, 0.2) is 29.0 Å². The number of hydrogen-bond acceptors (Lipinski definition) is 3. The summed E-state index contributed by atoms with van der Waals surface area (Å²) in [6.07, 6.45) is 6.93. The largest absolute Gasteiger partial charge is 0.325 e. The Hall–Kier alpha value is -1.23. The summed E-state index contributed by atoms with van der Waals surface area (Å²) >= 11 is 3.25. The molecular weight excluding hydrogens is 292 g/mol. The highest BCUT2D eigenvalue weighted by molar-refractivity contribution is 9.10. The van der Waals surface area contributed by atoms with Crippen LogP contribution in [0.5, 0.6) is 0 Å². The number of aromatic nitrogens is 1. The molecule has 4 nitrogen and oxygen atoms in total. The molecule has 1 saturated carbocycles. The summed E-state index contributed by atoms with van der Waals surface area (Å²) in [7, 11) is 1.76. The molecule has 98 valence electrons. The van der Waals surface area contributed by atoms with Crippen molar-refractivity contribution in [1.29, 1.82) is 10.8 Å². The zero-order valence-electron chi connectivity index (χ0n) is 10.7. The summed E-state index contributed by atoms with van der Waals surface area (Å²) in [4.78, 5) is 5.42. The zero-order valence-corrected chi connectivity index (χ0v) is 12.3. The molecule has 1 aromatic rings. The second-order valence-corrected chi connectivity index (χ2v) is 5.49.